The lowest BCUT2D eigenvalue weighted by atomic mass is 9.91. The van der Waals surface area contributed by atoms with Crippen molar-refractivity contribution in [1.29, 1.82) is 0 Å². The fourth-order valence-corrected chi connectivity index (χ4v) is 7.24. The van der Waals surface area contributed by atoms with Crippen molar-refractivity contribution in [1.82, 2.24) is 9.29 Å². The molecule has 3 heterocycles. The molecule has 0 spiro atoms. The fraction of sp³-hybridized carbons (Fsp3) is 0.318. The van der Waals surface area contributed by atoms with E-state index in [0.717, 1.165) is 16.7 Å². The van der Waals surface area contributed by atoms with Crippen molar-refractivity contribution < 1.29 is 13.5 Å². The van der Waals surface area contributed by atoms with Gasteiger partial charge in [-0.05, 0) is 47.7 Å². The molecule has 1 aromatic heterocycles. The number of fused-ring (bicyclic) bond motifs is 3. The molecular weight excluding hydrogens is 434 g/mol. The summed E-state index contributed by atoms with van der Waals surface area (Å²) in [6.07, 6.45) is 0.653. The molecule has 3 aromatic rings. The zero-order chi connectivity index (χ0) is 21.9. The first-order chi connectivity index (χ1) is 14.8. The zero-order valence-electron chi connectivity index (χ0n) is 17.0. The van der Waals surface area contributed by atoms with Gasteiger partial charge < -0.3 is 15.8 Å². The Hall–Kier alpha value is -2.33. The number of phenolic OH excluding ortho intramolecular Hbond substituents is 1. The molecule has 0 bridgehead atoms. The second-order valence-electron chi connectivity index (χ2n) is 8.23. The van der Waals surface area contributed by atoms with Crippen molar-refractivity contribution >= 4 is 32.7 Å². The third kappa shape index (κ3) is 3.27. The summed E-state index contributed by atoms with van der Waals surface area (Å²) in [7, 11) is -3.61. The van der Waals surface area contributed by atoms with E-state index in [1.165, 1.54) is 16.1 Å². The molecule has 0 amide bonds. The van der Waals surface area contributed by atoms with E-state index < -0.39 is 10.0 Å². The number of hydrogen-bond acceptors (Lipinski definition) is 6. The highest BCUT2D eigenvalue weighted by Gasteiger charge is 2.31. The smallest absolute Gasteiger partial charge is 0.262 e. The molecule has 0 aliphatic carbocycles. The maximum absolute atomic E-state index is 12.9. The summed E-state index contributed by atoms with van der Waals surface area (Å²) < 4.78 is 27.3. The van der Waals surface area contributed by atoms with E-state index in [1.54, 1.807) is 36.4 Å². The molecule has 2 aliphatic rings. The lowest BCUT2D eigenvalue weighted by Gasteiger charge is -2.17. The van der Waals surface area contributed by atoms with Gasteiger partial charge in [0.05, 0.1) is 9.79 Å². The number of sulfonamides is 1. The number of rotatable bonds is 3. The number of nitrogens with two attached hydrogens (primary N) is 1. The first-order valence-corrected chi connectivity index (χ1v) is 12.6. The van der Waals surface area contributed by atoms with Gasteiger partial charge in [-0.3, -0.25) is 4.79 Å². The highest BCUT2D eigenvalue weighted by atomic mass is 32.2. The van der Waals surface area contributed by atoms with E-state index in [-0.39, 0.29) is 28.2 Å². The predicted molar refractivity (Wildman–Crippen MR) is 122 cm³/mol. The number of thioether (sulfide) groups is 1. The molecule has 2 aromatic carbocycles. The third-order valence-corrected chi connectivity index (χ3v) is 9.33. The molecule has 1 fully saturated rings. The second kappa shape index (κ2) is 7.37. The van der Waals surface area contributed by atoms with Crippen LogP contribution in [-0.2, 0) is 10.0 Å². The molecule has 7 nitrogen and oxygen atoms in total. The standard InChI is InChI=1S/C22H23N3O4S2/c1-12-11-30-21-18(12)20-16(24-22(21)27)6-7-17(26)19(20)13-2-4-15(5-3-13)31(28,29)25-9-8-14(23)10-25/h2-7,12,14,26H,8-11,23H2,1H3,(H,24,27). The van der Waals surface area contributed by atoms with Crippen LogP contribution in [0.5, 0.6) is 5.75 Å². The maximum Gasteiger partial charge on any atom is 0.262 e. The van der Waals surface area contributed by atoms with E-state index in [4.69, 9.17) is 5.73 Å². The van der Waals surface area contributed by atoms with Crippen LogP contribution in [0.25, 0.3) is 22.0 Å². The summed E-state index contributed by atoms with van der Waals surface area (Å²) in [4.78, 5) is 16.3. The minimum atomic E-state index is -3.61. The Bertz CT molecular complexity index is 1350. The summed E-state index contributed by atoms with van der Waals surface area (Å²) in [6.45, 7) is 2.82. The number of aromatic amines is 1. The summed E-state index contributed by atoms with van der Waals surface area (Å²) in [5, 5.41) is 11.6. The molecule has 2 atom stereocenters. The zero-order valence-corrected chi connectivity index (χ0v) is 18.6. The predicted octanol–water partition coefficient (Wildman–Crippen LogP) is 2.83. The van der Waals surface area contributed by atoms with Crippen LogP contribution in [-0.4, -0.2) is 47.7 Å². The lowest BCUT2D eigenvalue weighted by molar-refractivity contribution is 0.472. The van der Waals surface area contributed by atoms with Crippen LogP contribution in [0.3, 0.4) is 0 Å². The Morgan fingerprint density at radius 1 is 1.19 bits per heavy atom. The van der Waals surface area contributed by atoms with E-state index in [9.17, 15) is 18.3 Å². The highest BCUT2D eigenvalue weighted by molar-refractivity contribution is 7.99. The van der Waals surface area contributed by atoms with Crippen LogP contribution in [0.15, 0.2) is 51.0 Å². The van der Waals surface area contributed by atoms with Crippen molar-refractivity contribution in [3.8, 4) is 16.9 Å². The fourth-order valence-electron chi connectivity index (χ4n) is 4.50. The first kappa shape index (κ1) is 20.6. The quantitative estimate of drug-likeness (QED) is 0.557. The minimum Gasteiger partial charge on any atom is -0.507 e. The second-order valence-corrected chi connectivity index (χ2v) is 11.2. The van der Waals surface area contributed by atoms with Crippen LogP contribution < -0.4 is 11.3 Å². The molecule has 5 rings (SSSR count). The van der Waals surface area contributed by atoms with Gasteiger partial charge in [0.1, 0.15) is 5.75 Å². The van der Waals surface area contributed by atoms with Gasteiger partial charge >= 0.3 is 0 Å². The van der Waals surface area contributed by atoms with E-state index in [2.05, 4.69) is 11.9 Å². The van der Waals surface area contributed by atoms with Gasteiger partial charge in [-0.25, -0.2) is 8.42 Å². The van der Waals surface area contributed by atoms with E-state index >= 15 is 0 Å². The van der Waals surface area contributed by atoms with Crippen molar-refractivity contribution in [2.24, 2.45) is 5.73 Å². The molecule has 162 valence electrons. The summed E-state index contributed by atoms with van der Waals surface area (Å²) in [6, 6.07) is 9.69. The Morgan fingerprint density at radius 2 is 1.94 bits per heavy atom. The van der Waals surface area contributed by atoms with Gasteiger partial charge in [0.25, 0.3) is 5.56 Å². The van der Waals surface area contributed by atoms with Crippen LogP contribution in [0.2, 0.25) is 0 Å². The molecule has 2 aliphatic heterocycles. The van der Waals surface area contributed by atoms with Crippen molar-refractivity contribution in [2.75, 3.05) is 18.8 Å². The van der Waals surface area contributed by atoms with Crippen LogP contribution in [0.1, 0.15) is 24.8 Å². The first-order valence-electron chi connectivity index (χ1n) is 10.2. The third-order valence-electron chi connectivity index (χ3n) is 6.09. The van der Waals surface area contributed by atoms with Crippen molar-refractivity contribution in [2.45, 2.75) is 35.1 Å². The average Bonchev–Trinajstić information content (AvgIpc) is 3.35. The van der Waals surface area contributed by atoms with Gasteiger partial charge in [0.15, 0.2) is 0 Å². The van der Waals surface area contributed by atoms with Crippen LogP contribution >= 0.6 is 11.8 Å². The van der Waals surface area contributed by atoms with Crippen molar-refractivity contribution in [3.63, 3.8) is 0 Å². The van der Waals surface area contributed by atoms with E-state index in [1.807, 2.05) is 0 Å². The molecule has 31 heavy (non-hydrogen) atoms. The van der Waals surface area contributed by atoms with Gasteiger partial charge in [0.2, 0.25) is 10.0 Å². The van der Waals surface area contributed by atoms with Gasteiger partial charge in [-0.15, -0.1) is 11.8 Å². The monoisotopic (exact) mass is 457 g/mol. The molecule has 2 unspecified atom stereocenters. The summed E-state index contributed by atoms with van der Waals surface area (Å²) in [5.74, 6) is 1.07. The topological polar surface area (TPSA) is 116 Å². The average molecular weight is 458 g/mol. The summed E-state index contributed by atoms with van der Waals surface area (Å²) in [5.41, 5.74) is 8.66. The van der Waals surface area contributed by atoms with Gasteiger partial charge in [0, 0.05) is 41.4 Å². The lowest BCUT2D eigenvalue weighted by Crippen LogP contribution is -2.31. The SMILES string of the molecule is CC1CSc2c1c1c(-c3ccc(S(=O)(=O)N4CCC(N)C4)cc3)c(O)ccc1[nH]c2=O. The van der Waals surface area contributed by atoms with Crippen LogP contribution in [0.4, 0.5) is 0 Å². The number of aromatic nitrogens is 1. The maximum atomic E-state index is 12.9. The summed E-state index contributed by atoms with van der Waals surface area (Å²) >= 11 is 1.53. The Morgan fingerprint density at radius 3 is 2.61 bits per heavy atom. The minimum absolute atomic E-state index is 0.0898. The number of nitrogens with one attached hydrogen (secondary N) is 1. The highest BCUT2D eigenvalue weighted by Crippen LogP contribution is 2.46. The number of H-pyrrole nitrogens is 1. The Labute approximate surface area is 184 Å². The van der Waals surface area contributed by atoms with Crippen molar-refractivity contribution in [3.05, 3.63) is 52.3 Å². The molecule has 1 saturated heterocycles. The molecule has 4 N–H and O–H groups in total. The molecule has 0 saturated carbocycles. The number of pyridine rings is 1. The largest absolute Gasteiger partial charge is 0.507 e. The normalized spacial score (nSPS) is 21.6. The Balaban J connectivity index is 1.65. The number of nitrogens with zero attached hydrogens (tertiary/aromatic N) is 1. The number of benzene rings is 2. The number of aromatic hydroxyl groups is 1. The number of phenols is 1. The molecule has 9 heteroatoms. The van der Waals surface area contributed by atoms with Gasteiger partial charge in [-0.2, -0.15) is 4.31 Å². The Kier molecular flexibility index (Phi) is 4.89. The molecular formula is C22H23N3O4S2. The van der Waals surface area contributed by atoms with E-state index in [0.29, 0.717) is 41.0 Å². The molecule has 0 radical (unpaired) electrons. The number of hydrogen-bond donors (Lipinski definition) is 3. The van der Waals surface area contributed by atoms with Gasteiger partial charge in [-0.1, -0.05) is 19.1 Å². The van der Waals surface area contributed by atoms with Crippen LogP contribution in [0, 0.1) is 0 Å².